The number of Topliss-reactive ketones (excluding diaryl/α,β-unsaturated/α-hetero) is 1. The molecule has 1 N–H and O–H groups in total. The normalized spacial score (nSPS) is 27.9. The van der Waals surface area contributed by atoms with Gasteiger partial charge in [-0.1, -0.05) is 57.0 Å². The van der Waals surface area contributed by atoms with Gasteiger partial charge in [-0.15, -0.1) is 0 Å². The predicted molar refractivity (Wildman–Crippen MR) is 205 cm³/mol. The molecule has 0 unspecified atom stereocenters. The van der Waals surface area contributed by atoms with Crippen molar-refractivity contribution in [2.24, 2.45) is 23.2 Å². The molecule has 2 saturated carbocycles. The highest BCUT2D eigenvalue weighted by molar-refractivity contribution is 7.91. The Bertz CT molecular complexity index is 2050. The van der Waals surface area contributed by atoms with Crippen molar-refractivity contribution in [3.63, 3.8) is 0 Å². The maximum Gasteiger partial charge on any atom is 0.297 e. The van der Waals surface area contributed by atoms with Gasteiger partial charge in [0.15, 0.2) is 5.78 Å². The molecule has 0 bridgehead atoms. The van der Waals surface area contributed by atoms with Gasteiger partial charge in [0, 0.05) is 25.3 Å². The first-order valence-electron chi connectivity index (χ1n) is 19.6. The van der Waals surface area contributed by atoms with Crippen LogP contribution in [-0.4, -0.2) is 63.9 Å². The zero-order valence-corrected chi connectivity index (χ0v) is 32.7. The summed E-state index contributed by atoms with van der Waals surface area (Å²) >= 11 is 0. The molecule has 2 aliphatic heterocycles. The molecule has 0 radical (unpaired) electrons. The Balaban J connectivity index is 1.22. The predicted octanol–water partition coefficient (Wildman–Crippen LogP) is 6.83. The van der Waals surface area contributed by atoms with Crippen molar-refractivity contribution in [2.45, 2.75) is 122 Å². The lowest BCUT2D eigenvalue weighted by atomic mass is 9.89. The van der Waals surface area contributed by atoms with Crippen LogP contribution >= 0.6 is 0 Å². The number of hydrogen-bond donors (Lipinski definition) is 1. The number of rotatable bonds is 9. The minimum atomic E-state index is -3.92. The van der Waals surface area contributed by atoms with Crippen molar-refractivity contribution in [2.75, 3.05) is 6.54 Å². The fourth-order valence-corrected chi connectivity index (χ4v) is 9.80. The Morgan fingerprint density at radius 3 is 2.63 bits per heavy atom. The molecule has 10 nitrogen and oxygen atoms in total. The van der Waals surface area contributed by atoms with Crippen LogP contribution in [-0.2, 0) is 37.4 Å². The number of hydrogen-bond acceptors (Lipinski definition) is 7. The van der Waals surface area contributed by atoms with E-state index in [4.69, 9.17) is 9.72 Å². The number of benzene rings is 2. The summed E-state index contributed by atoms with van der Waals surface area (Å²) in [5, 5.41) is 0. The van der Waals surface area contributed by atoms with E-state index in [2.05, 4.69) is 18.6 Å². The highest BCUT2D eigenvalue weighted by Gasteiger charge is 2.62. The van der Waals surface area contributed by atoms with Crippen LogP contribution in [0.1, 0.15) is 96.1 Å². The quantitative estimate of drug-likeness (QED) is 0.237. The van der Waals surface area contributed by atoms with Crippen molar-refractivity contribution in [3.05, 3.63) is 71.6 Å². The Morgan fingerprint density at radius 2 is 1.89 bits per heavy atom. The number of para-hydroxylation sites is 2. The van der Waals surface area contributed by atoms with Crippen LogP contribution in [0, 0.1) is 35.9 Å². The molecule has 1 aromatic heterocycles. The van der Waals surface area contributed by atoms with Gasteiger partial charge in [0.25, 0.3) is 6.01 Å². The average molecular weight is 761 g/mol. The second kappa shape index (κ2) is 14.9. The molecule has 54 heavy (non-hydrogen) atoms. The van der Waals surface area contributed by atoms with Crippen LogP contribution in [0.15, 0.2) is 54.6 Å². The third-order valence-electron chi connectivity index (χ3n) is 12.0. The van der Waals surface area contributed by atoms with Gasteiger partial charge in [-0.25, -0.2) is 12.8 Å². The average Bonchev–Trinajstić information content (AvgIpc) is 3.94. The van der Waals surface area contributed by atoms with E-state index >= 15 is 0 Å². The summed E-state index contributed by atoms with van der Waals surface area (Å²) in [5.41, 5.74) is 2.00. The molecule has 1 saturated heterocycles. The number of carbonyl (C=O) groups is 3. The zero-order valence-electron chi connectivity index (χ0n) is 31.9. The standard InChI is InChI=1S/C42H53FN4O6S/c1-27(2)25-47-35-15-11-10-14-34(35)44-40(47)53-33-22-36-37(48)24-42(39(50)45-54(51,52)41(4)16-17-41)23-31(42)13-9-7-5-6-8-12-30(38(49)46(36)26-33)20-29-18-28(3)19-32(43)21-29/h9-11,13-15,18-19,21,27,30-31,33,36H,5-8,12,16-17,20,22-26H2,1-4H3,(H,45,50)/b13-9-/t30-,31-,33-,36+,42-/m1/s1. The summed E-state index contributed by atoms with van der Waals surface area (Å²) in [6.07, 6.45) is 9.00. The van der Waals surface area contributed by atoms with Gasteiger partial charge in [-0.2, -0.15) is 4.98 Å². The molecule has 2 aliphatic carbocycles. The van der Waals surface area contributed by atoms with Crippen molar-refractivity contribution in [1.29, 1.82) is 0 Å². The second-order valence-corrected chi connectivity index (χ2v) is 19.2. The molecule has 5 atom stereocenters. The van der Waals surface area contributed by atoms with Gasteiger partial charge < -0.3 is 9.64 Å². The van der Waals surface area contributed by atoms with Crippen LogP contribution in [0.25, 0.3) is 11.0 Å². The lowest BCUT2D eigenvalue weighted by Crippen LogP contribution is -2.47. The first-order valence-corrected chi connectivity index (χ1v) is 21.1. The van der Waals surface area contributed by atoms with Gasteiger partial charge in [-0.3, -0.25) is 23.7 Å². The van der Waals surface area contributed by atoms with E-state index in [-0.39, 0.29) is 42.8 Å². The Kier molecular flexibility index (Phi) is 10.5. The molecule has 2 amide bonds. The van der Waals surface area contributed by atoms with Gasteiger partial charge in [0.05, 0.1) is 33.8 Å². The van der Waals surface area contributed by atoms with E-state index in [9.17, 15) is 27.2 Å². The van der Waals surface area contributed by atoms with Gasteiger partial charge in [-0.05, 0) is 106 Å². The first kappa shape index (κ1) is 38.2. The minimum absolute atomic E-state index is 0.147. The van der Waals surface area contributed by atoms with Crippen LogP contribution in [0.3, 0.4) is 0 Å². The zero-order chi connectivity index (χ0) is 38.4. The second-order valence-electron chi connectivity index (χ2n) is 17.0. The third-order valence-corrected chi connectivity index (χ3v) is 14.1. The molecule has 0 spiro atoms. The van der Waals surface area contributed by atoms with E-state index in [1.807, 2.05) is 54.0 Å². The summed E-state index contributed by atoms with van der Waals surface area (Å²) in [6, 6.07) is 12.2. The van der Waals surface area contributed by atoms with Gasteiger partial charge in [0.1, 0.15) is 11.9 Å². The number of allylic oxidation sites excluding steroid dienone is 2. The van der Waals surface area contributed by atoms with Crippen molar-refractivity contribution in [3.8, 4) is 6.01 Å². The van der Waals surface area contributed by atoms with Crippen molar-refractivity contribution in [1.82, 2.24) is 19.2 Å². The topological polar surface area (TPSA) is 128 Å². The third kappa shape index (κ3) is 7.86. The molecule has 7 rings (SSSR count). The fraction of sp³-hybridized carbons (Fsp3) is 0.571. The Labute approximate surface area is 318 Å². The van der Waals surface area contributed by atoms with Crippen LogP contribution in [0.5, 0.6) is 6.01 Å². The number of aryl methyl sites for hydroxylation is 1. The summed E-state index contributed by atoms with van der Waals surface area (Å²) in [7, 11) is -3.92. The number of imidazole rings is 1. The van der Waals surface area contributed by atoms with Crippen LogP contribution < -0.4 is 9.46 Å². The molecular formula is C42H53FN4O6S. The number of aromatic nitrogens is 2. The largest absolute Gasteiger partial charge is 0.459 e. The van der Waals surface area contributed by atoms with Crippen molar-refractivity contribution >= 4 is 38.7 Å². The number of nitrogens with zero attached hydrogens (tertiary/aromatic N) is 3. The molecule has 3 aromatic rings. The summed E-state index contributed by atoms with van der Waals surface area (Å²) in [5.74, 6) is -1.97. The maximum atomic E-state index is 14.8. The number of halogens is 1. The number of sulfonamides is 1. The summed E-state index contributed by atoms with van der Waals surface area (Å²) < 4.78 is 51.0. The molecular weight excluding hydrogens is 708 g/mol. The molecule has 12 heteroatoms. The Morgan fingerprint density at radius 1 is 1.11 bits per heavy atom. The number of nitrogens with one attached hydrogen (secondary N) is 1. The summed E-state index contributed by atoms with van der Waals surface area (Å²) in [6.45, 7) is 8.50. The van der Waals surface area contributed by atoms with Crippen LogP contribution in [0.2, 0.25) is 0 Å². The minimum Gasteiger partial charge on any atom is -0.459 e. The van der Waals surface area contributed by atoms with Crippen LogP contribution in [0.4, 0.5) is 4.39 Å². The van der Waals surface area contributed by atoms with E-state index in [1.54, 1.807) is 11.8 Å². The molecule has 3 heterocycles. The smallest absolute Gasteiger partial charge is 0.297 e. The number of fused-ring (bicyclic) bond motifs is 3. The molecule has 3 fully saturated rings. The molecule has 290 valence electrons. The Hall–Kier alpha value is -4.06. The fourth-order valence-electron chi connectivity index (χ4n) is 8.47. The van der Waals surface area contributed by atoms with E-state index in [1.165, 1.54) is 12.1 Å². The van der Waals surface area contributed by atoms with E-state index < -0.39 is 44.2 Å². The number of ketones is 1. The number of amides is 2. The monoisotopic (exact) mass is 760 g/mol. The number of carbonyl (C=O) groups excluding carboxylic acids is 3. The SMILES string of the molecule is Cc1cc(F)cc(C[C@H]2CCCCC/C=C\[C@@H]3C[C@@]3(C(=O)NS(=O)(=O)C3(C)CC3)CC(=O)[C@@H]3C[C@@H](Oc4nc5ccccc5n4CC(C)C)CN3C2=O)c1. The van der Waals surface area contributed by atoms with E-state index in [0.29, 0.717) is 50.6 Å². The lowest BCUT2D eigenvalue weighted by Gasteiger charge is -2.29. The van der Waals surface area contributed by atoms with Gasteiger partial charge >= 0.3 is 0 Å². The maximum absolute atomic E-state index is 14.8. The molecule has 2 aromatic carbocycles. The van der Waals surface area contributed by atoms with Gasteiger partial charge in [0.2, 0.25) is 21.8 Å². The number of ether oxygens (including phenoxy) is 1. The first-order chi connectivity index (χ1) is 25.7. The van der Waals surface area contributed by atoms with Crippen molar-refractivity contribution < 1.29 is 31.9 Å². The highest BCUT2D eigenvalue weighted by Crippen LogP contribution is 2.57. The summed E-state index contributed by atoms with van der Waals surface area (Å²) in [4.78, 5) is 49.8. The highest BCUT2D eigenvalue weighted by atomic mass is 32.2. The molecule has 4 aliphatic rings. The lowest BCUT2D eigenvalue weighted by molar-refractivity contribution is -0.142. The van der Waals surface area contributed by atoms with E-state index in [0.717, 1.165) is 47.8 Å².